The highest BCUT2D eigenvalue weighted by molar-refractivity contribution is 5.90. The van der Waals surface area contributed by atoms with Crippen LogP contribution in [0.25, 0.3) is 0 Å². The van der Waals surface area contributed by atoms with Gasteiger partial charge in [0.1, 0.15) is 18.8 Å². The number of hydrogen-bond donors (Lipinski definition) is 2. The molecule has 0 radical (unpaired) electrons. The summed E-state index contributed by atoms with van der Waals surface area (Å²) in [5, 5.41) is 3.14. The van der Waals surface area contributed by atoms with Gasteiger partial charge in [-0.05, 0) is 38.3 Å². The maximum Gasteiger partial charge on any atom is 0.524 e. The van der Waals surface area contributed by atoms with E-state index in [2.05, 4.69) is 10.8 Å². The van der Waals surface area contributed by atoms with E-state index in [1.807, 2.05) is 67.6 Å². The number of hydrogen-bond acceptors (Lipinski definition) is 8. The SMILES string of the molecule is CCCCC[C@H](CC(=O)NOCc1ccccc1)C(=O)[N@+]1(C(=O)OC(C)(C)C)CCNCC1C(=O)OCc1ccccc1. The second kappa shape index (κ2) is 16.3. The fourth-order valence-corrected chi connectivity index (χ4v) is 5.13. The maximum atomic E-state index is 14.6. The lowest BCUT2D eigenvalue weighted by atomic mass is 9.93. The van der Waals surface area contributed by atoms with Crippen LogP contribution >= 0.6 is 0 Å². The summed E-state index contributed by atoms with van der Waals surface area (Å²) in [6, 6.07) is 17.4. The third kappa shape index (κ3) is 9.98. The number of piperazine rings is 1. The van der Waals surface area contributed by atoms with Crippen LogP contribution in [0.5, 0.6) is 0 Å². The van der Waals surface area contributed by atoms with E-state index in [4.69, 9.17) is 14.3 Å². The number of nitrogens with zero attached hydrogens (tertiary/aromatic N) is 1. The minimum atomic E-state index is -1.18. The Hall–Kier alpha value is -3.60. The average Bonchev–Trinajstić information content (AvgIpc) is 2.99. The molecule has 43 heavy (non-hydrogen) atoms. The summed E-state index contributed by atoms with van der Waals surface area (Å²) in [5.41, 5.74) is 3.20. The van der Waals surface area contributed by atoms with Crippen LogP contribution < -0.4 is 10.8 Å². The summed E-state index contributed by atoms with van der Waals surface area (Å²) in [4.78, 5) is 60.6. The highest BCUT2D eigenvalue weighted by atomic mass is 16.6. The van der Waals surface area contributed by atoms with Crippen molar-refractivity contribution in [2.75, 3.05) is 19.6 Å². The molecule has 1 unspecified atom stereocenters. The number of quaternary nitrogens is 1. The standard InChI is InChI=1S/C33H45N3O7/c1-5-6-9-18-27(21-29(37)35-42-24-26-16-12-8-13-17-26)30(38)36(32(40)43-33(2,3)4)20-19-34-22-28(36)31(39)41-23-25-14-10-7-11-15-25/h7-8,10-17,27-28,34H,5-6,9,18-24H2,1-4H3/p+1/t27-,28?,36+/m1/s1. The highest BCUT2D eigenvalue weighted by Gasteiger charge is 2.60. The van der Waals surface area contributed by atoms with Gasteiger partial charge < -0.3 is 14.8 Å². The van der Waals surface area contributed by atoms with Gasteiger partial charge in [0.25, 0.3) is 0 Å². The summed E-state index contributed by atoms with van der Waals surface area (Å²) >= 11 is 0. The minimum Gasteiger partial charge on any atom is -0.456 e. The summed E-state index contributed by atoms with van der Waals surface area (Å²) < 4.78 is 10.6. The van der Waals surface area contributed by atoms with E-state index in [9.17, 15) is 19.2 Å². The van der Waals surface area contributed by atoms with Crippen molar-refractivity contribution in [1.82, 2.24) is 10.8 Å². The van der Waals surface area contributed by atoms with Gasteiger partial charge in [0.15, 0.2) is 0 Å². The second-order valence-corrected chi connectivity index (χ2v) is 11.9. The Morgan fingerprint density at radius 3 is 2.19 bits per heavy atom. The van der Waals surface area contributed by atoms with Crippen LogP contribution in [0, 0.1) is 5.92 Å². The van der Waals surface area contributed by atoms with E-state index in [1.54, 1.807) is 20.8 Å². The molecule has 1 aliphatic rings. The minimum absolute atomic E-state index is 0.000228. The Morgan fingerprint density at radius 2 is 1.58 bits per heavy atom. The molecule has 0 bridgehead atoms. The number of benzene rings is 2. The number of ether oxygens (including phenoxy) is 2. The Balaban J connectivity index is 1.87. The normalized spacial score (nSPS) is 19.2. The molecule has 0 spiro atoms. The summed E-state index contributed by atoms with van der Waals surface area (Å²) in [6.45, 7) is 7.71. The van der Waals surface area contributed by atoms with Crippen molar-refractivity contribution in [3.8, 4) is 0 Å². The zero-order valence-electron chi connectivity index (χ0n) is 25.8. The number of imide groups is 1. The van der Waals surface area contributed by atoms with Crippen molar-refractivity contribution in [3.05, 3.63) is 71.8 Å². The molecule has 0 aromatic heterocycles. The lowest BCUT2D eigenvalue weighted by molar-refractivity contribution is -0.806. The third-order valence-electron chi connectivity index (χ3n) is 7.32. The highest BCUT2D eigenvalue weighted by Crippen LogP contribution is 2.30. The van der Waals surface area contributed by atoms with E-state index >= 15 is 0 Å². The van der Waals surface area contributed by atoms with Crippen LogP contribution in [0.1, 0.15) is 70.9 Å². The van der Waals surface area contributed by atoms with Crippen molar-refractivity contribution in [2.45, 2.75) is 84.7 Å². The van der Waals surface area contributed by atoms with Crippen molar-refractivity contribution in [3.63, 3.8) is 0 Å². The molecule has 3 amide bonds. The van der Waals surface area contributed by atoms with Crippen LogP contribution in [0.2, 0.25) is 0 Å². The van der Waals surface area contributed by atoms with Gasteiger partial charge in [0.2, 0.25) is 11.9 Å². The molecule has 2 aromatic rings. The number of esters is 1. The molecule has 10 heteroatoms. The van der Waals surface area contributed by atoms with E-state index in [0.717, 1.165) is 24.0 Å². The molecule has 1 heterocycles. The second-order valence-electron chi connectivity index (χ2n) is 11.9. The first-order valence-corrected chi connectivity index (χ1v) is 15.1. The molecule has 3 rings (SSSR count). The molecule has 0 aliphatic carbocycles. The van der Waals surface area contributed by atoms with Gasteiger partial charge in [0, 0.05) is 13.0 Å². The van der Waals surface area contributed by atoms with E-state index < -0.39 is 45.9 Å². The molecule has 3 atom stereocenters. The molecule has 0 saturated carbocycles. The predicted octanol–water partition coefficient (Wildman–Crippen LogP) is 4.81. The first-order chi connectivity index (χ1) is 20.6. The lowest BCUT2D eigenvalue weighted by Crippen LogP contribution is -2.74. The fourth-order valence-electron chi connectivity index (χ4n) is 5.13. The van der Waals surface area contributed by atoms with Gasteiger partial charge in [-0.25, -0.2) is 15.1 Å². The maximum absolute atomic E-state index is 14.6. The van der Waals surface area contributed by atoms with Crippen LogP contribution in [-0.2, 0) is 41.9 Å². The van der Waals surface area contributed by atoms with E-state index in [1.165, 1.54) is 0 Å². The topological polar surface area (TPSA) is 120 Å². The molecule has 1 aliphatic heterocycles. The molecule has 2 aromatic carbocycles. The molecule has 1 fully saturated rings. The molecule has 234 valence electrons. The monoisotopic (exact) mass is 596 g/mol. The van der Waals surface area contributed by atoms with Crippen molar-refractivity contribution >= 4 is 23.9 Å². The Bertz CT molecular complexity index is 1200. The molecule has 10 nitrogen and oxygen atoms in total. The van der Waals surface area contributed by atoms with Crippen LogP contribution in [0.15, 0.2) is 60.7 Å². The fraction of sp³-hybridized carbons (Fsp3) is 0.515. The smallest absolute Gasteiger partial charge is 0.456 e. The van der Waals surface area contributed by atoms with Crippen molar-refractivity contribution in [1.29, 1.82) is 0 Å². The Kier molecular flexibility index (Phi) is 12.9. The zero-order valence-corrected chi connectivity index (χ0v) is 25.8. The zero-order chi connectivity index (χ0) is 31.3. The number of carbonyl (C=O) groups is 4. The van der Waals surface area contributed by atoms with Gasteiger partial charge >= 0.3 is 18.0 Å². The van der Waals surface area contributed by atoms with Gasteiger partial charge in [-0.15, -0.1) is 4.48 Å². The Morgan fingerprint density at radius 1 is 0.953 bits per heavy atom. The average molecular weight is 597 g/mol. The van der Waals surface area contributed by atoms with E-state index in [0.29, 0.717) is 19.4 Å². The van der Waals surface area contributed by atoms with Gasteiger partial charge in [-0.3, -0.25) is 9.63 Å². The number of unbranched alkanes of at least 4 members (excludes halogenated alkanes) is 2. The van der Waals surface area contributed by atoms with Crippen LogP contribution in [0.3, 0.4) is 0 Å². The number of nitrogens with one attached hydrogen (secondary N) is 2. The van der Waals surface area contributed by atoms with E-state index in [-0.39, 0.29) is 32.7 Å². The summed E-state index contributed by atoms with van der Waals surface area (Å²) in [7, 11) is 0. The summed E-state index contributed by atoms with van der Waals surface area (Å²) in [5.74, 6) is -2.53. The Labute approximate surface area is 254 Å². The number of carbonyl (C=O) groups excluding carboxylic acids is 4. The third-order valence-corrected chi connectivity index (χ3v) is 7.32. The van der Waals surface area contributed by atoms with Crippen molar-refractivity contribution < 1.29 is 38.0 Å². The number of rotatable bonds is 13. The molecular formula is C33H46N3O7+. The molecular weight excluding hydrogens is 550 g/mol. The number of amides is 3. The first-order valence-electron chi connectivity index (χ1n) is 15.1. The predicted molar refractivity (Wildman–Crippen MR) is 161 cm³/mol. The molecule has 2 N–H and O–H groups in total. The van der Waals surface area contributed by atoms with Crippen molar-refractivity contribution in [2.24, 2.45) is 5.92 Å². The van der Waals surface area contributed by atoms with Crippen LogP contribution in [0.4, 0.5) is 4.79 Å². The molecule has 1 saturated heterocycles. The lowest BCUT2D eigenvalue weighted by Gasteiger charge is -2.42. The quantitative estimate of drug-likeness (QED) is 0.146. The summed E-state index contributed by atoms with van der Waals surface area (Å²) in [6.07, 6.45) is 1.81. The first kappa shape index (κ1) is 33.9. The van der Waals surface area contributed by atoms with Crippen LogP contribution in [-0.4, -0.2) is 59.6 Å². The van der Waals surface area contributed by atoms with Gasteiger partial charge in [0.05, 0.1) is 19.1 Å². The number of hydroxylamine groups is 1. The largest absolute Gasteiger partial charge is 0.524 e. The van der Waals surface area contributed by atoms with Gasteiger partial charge in [-0.2, -0.15) is 4.79 Å². The van der Waals surface area contributed by atoms with Gasteiger partial charge in [-0.1, -0.05) is 86.8 Å².